The molecule has 0 bridgehead atoms. The molecule has 2 saturated heterocycles. The second-order valence-electron chi connectivity index (χ2n) is 6.19. The molecule has 2 aliphatic rings. The predicted octanol–water partition coefficient (Wildman–Crippen LogP) is 1.08. The van der Waals surface area contributed by atoms with Crippen LogP contribution in [0.1, 0.15) is 19.3 Å². The van der Waals surface area contributed by atoms with Crippen molar-refractivity contribution >= 4 is 5.82 Å². The van der Waals surface area contributed by atoms with Crippen molar-refractivity contribution in [1.29, 1.82) is 0 Å². The number of nitrogens with zero attached hydrogens (tertiary/aromatic N) is 4. The summed E-state index contributed by atoms with van der Waals surface area (Å²) in [6.45, 7) is 8.58. The third-order valence-electron chi connectivity index (χ3n) is 4.49. The van der Waals surface area contributed by atoms with E-state index in [1.807, 2.05) is 12.1 Å². The summed E-state index contributed by atoms with van der Waals surface area (Å²) in [5.74, 6) is 0.816. The van der Waals surface area contributed by atoms with Gasteiger partial charge in [-0.05, 0) is 38.1 Å². The lowest BCUT2D eigenvalue weighted by molar-refractivity contribution is -0.0238. The van der Waals surface area contributed by atoms with Gasteiger partial charge in [0.2, 0.25) is 0 Å². The van der Waals surface area contributed by atoms with Gasteiger partial charge in [-0.1, -0.05) is 6.42 Å². The molecule has 1 atom stereocenters. The van der Waals surface area contributed by atoms with Gasteiger partial charge in [0.15, 0.2) is 0 Å². The minimum atomic E-state index is 0.233. The number of aromatic nitrogens is 2. The molecule has 3 heterocycles. The molecular formula is C16H27N5O. The van der Waals surface area contributed by atoms with Crippen LogP contribution in [-0.2, 0) is 4.74 Å². The number of rotatable bonds is 6. The molecule has 6 heteroatoms. The van der Waals surface area contributed by atoms with E-state index in [1.54, 1.807) is 6.20 Å². The Kier molecular flexibility index (Phi) is 5.98. The van der Waals surface area contributed by atoms with E-state index in [-0.39, 0.29) is 6.10 Å². The minimum Gasteiger partial charge on any atom is -0.374 e. The fraction of sp³-hybridized carbons (Fsp3) is 0.750. The predicted molar refractivity (Wildman–Crippen MR) is 87.0 cm³/mol. The largest absolute Gasteiger partial charge is 0.374 e. The van der Waals surface area contributed by atoms with Gasteiger partial charge in [-0.15, -0.1) is 5.10 Å². The zero-order valence-corrected chi connectivity index (χ0v) is 13.3. The molecule has 0 radical (unpaired) electrons. The standard InChI is InChI=1S/C16H27N5O/c1-2-7-20(8-3-1)9-10-21-11-12-22-15(14-21)13-17-16-5-4-6-18-19-16/h4-6,15H,1-3,7-14H2,(H,17,19). The Labute approximate surface area is 132 Å². The summed E-state index contributed by atoms with van der Waals surface area (Å²) in [6.07, 6.45) is 6.06. The monoisotopic (exact) mass is 305 g/mol. The third-order valence-corrected chi connectivity index (χ3v) is 4.49. The van der Waals surface area contributed by atoms with Crippen molar-refractivity contribution in [3.63, 3.8) is 0 Å². The van der Waals surface area contributed by atoms with Crippen LogP contribution in [-0.4, -0.2) is 78.5 Å². The number of hydrogen-bond acceptors (Lipinski definition) is 6. The van der Waals surface area contributed by atoms with E-state index in [9.17, 15) is 0 Å². The highest BCUT2D eigenvalue weighted by atomic mass is 16.5. The Hall–Kier alpha value is -1.24. The van der Waals surface area contributed by atoms with Crippen molar-refractivity contribution in [3.05, 3.63) is 18.3 Å². The maximum atomic E-state index is 5.86. The maximum absolute atomic E-state index is 5.86. The molecule has 122 valence electrons. The molecule has 3 rings (SSSR count). The van der Waals surface area contributed by atoms with Crippen LogP contribution in [0.2, 0.25) is 0 Å². The van der Waals surface area contributed by atoms with Crippen LogP contribution < -0.4 is 5.32 Å². The molecule has 1 aromatic heterocycles. The van der Waals surface area contributed by atoms with Crippen molar-refractivity contribution in [1.82, 2.24) is 20.0 Å². The van der Waals surface area contributed by atoms with E-state index in [0.717, 1.165) is 38.6 Å². The normalized spacial score (nSPS) is 24.3. The first-order valence-electron chi connectivity index (χ1n) is 8.48. The molecule has 1 aromatic rings. The van der Waals surface area contributed by atoms with Crippen molar-refractivity contribution in [2.75, 3.05) is 57.7 Å². The molecule has 1 N–H and O–H groups in total. The lowest BCUT2D eigenvalue weighted by Crippen LogP contribution is -2.48. The second kappa shape index (κ2) is 8.41. The molecule has 0 aromatic carbocycles. The molecule has 0 saturated carbocycles. The van der Waals surface area contributed by atoms with E-state index in [4.69, 9.17) is 4.74 Å². The van der Waals surface area contributed by atoms with Crippen molar-refractivity contribution in [2.24, 2.45) is 0 Å². The van der Waals surface area contributed by atoms with Crippen LogP contribution in [0.3, 0.4) is 0 Å². The Morgan fingerprint density at radius 1 is 1.14 bits per heavy atom. The Morgan fingerprint density at radius 3 is 2.82 bits per heavy atom. The number of anilines is 1. The maximum Gasteiger partial charge on any atom is 0.148 e. The van der Waals surface area contributed by atoms with Crippen molar-refractivity contribution in [3.8, 4) is 0 Å². The Bertz CT molecular complexity index is 424. The van der Waals surface area contributed by atoms with Gasteiger partial charge in [-0.25, -0.2) is 0 Å². The first-order chi connectivity index (χ1) is 10.9. The highest BCUT2D eigenvalue weighted by Gasteiger charge is 2.21. The highest BCUT2D eigenvalue weighted by molar-refractivity contribution is 5.31. The van der Waals surface area contributed by atoms with Crippen molar-refractivity contribution in [2.45, 2.75) is 25.4 Å². The van der Waals surface area contributed by atoms with Gasteiger partial charge in [0.25, 0.3) is 0 Å². The first kappa shape index (κ1) is 15.6. The molecule has 0 spiro atoms. The molecule has 1 unspecified atom stereocenters. The van der Waals surface area contributed by atoms with Crippen LogP contribution in [0.25, 0.3) is 0 Å². The third kappa shape index (κ3) is 4.90. The fourth-order valence-electron chi connectivity index (χ4n) is 3.19. The lowest BCUT2D eigenvalue weighted by Gasteiger charge is -2.35. The average Bonchev–Trinajstić information content (AvgIpc) is 2.60. The highest BCUT2D eigenvalue weighted by Crippen LogP contribution is 2.10. The van der Waals surface area contributed by atoms with Gasteiger partial charge in [0.05, 0.1) is 12.7 Å². The topological polar surface area (TPSA) is 53.5 Å². The lowest BCUT2D eigenvalue weighted by atomic mass is 10.1. The zero-order chi connectivity index (χ0) is 15.0. The number of hydrogen-bond donors (Lipinski definition) is 1. The van der Waals surface area contributed by atoms with E-state index in [1.165, 1.54) is 38.9 Å². The molecule has 6 nitrogen and oxygen atoms in total. The summed E-state index contributed by atoms with van der Waals surface area (Å²) in [4.78, 5) is 5.13. The number of ether oxygens (including phenoxy) is 1. The van der Waals surface area contributed by atoms with E-state index >= 15 is 0 Å². The summed E-state index contributed by atoms with van der Waals surface area (Å²) in [5.41, 5.74) is 0. The van der Waals surface area contributed by atoms with Gasteiger partial charge < -0.3 is 15.0 Å². The summed E-state index contributed by atoms with van der Waals surface area (Å²) >= 11 is 0. The Morgan fingerprint density at radius 2 is 2.00 bits per heavy atom. The summed E-state index contributed by atoms with van der Waals surface area (Å²) in [7, 11) is 0. The fourth-order valence-corrected chi connectivity index (χ4v) is 3.19. The number of likely N-dealkylation sites (tertiary alicyclic amines) is 1. The number of morpholine rings is 1. The molecule has 2 aliphatic heterocycles. The SMILES string of the molecule is c1cnnc(NCC2CN(CCN3CCCCC3)CCO2)c1. The van der Waals surface area contributed by atoms with Crippen molar-refractivity contribution < 1.29 is 4.74 Å². The van der Waals surface area contributed by atoms with Gasteiger partial charge >= 0.3 is 0 Å². The van der Waals surface area contributed by atoms with Crippen LogP contribution >= 0.6 is 0 Å². The van der Waals surface area contributed by atoms with Crippen LogP contribution in [0.15, 0.2) is 18.3 Å². The number of piperidine rings is 1. The van der Waals surface area contributed by atoms with Crippen LogP contribution in [0.4, 0.5) is 5.82 Å². The van der Waals surface area contributed by atoms with Gasteiger partial charge in [0, 0.05) is 38.9 Å². The molecule has 0 aliphatic carbocycles. The molecule has 22 heavy (non-hydrogen) atoms. The smallest absolute Gasteiger partial charge is 0.148 e. The molecular weight excluding hydrogens is 278 g/mol. The summed E-state index contributed by atoms with van der Waals surface area (Å²) in [5, 5.41) is 11.2. The Balaban J connectivity index is 1.37. The number of nitrogens with one attached hydrogen (secondary N) is 1. The minimum absolute atomic E-state index is 0.233. The second-order valence-corrected chi connectivity index (χ2v) is 6.19. The van der Waals surface area contributed by atoms with E-state index < -0.39 is 0 Å². The van der Waals surface area contributed by atoms with Crippen LogP contribution in [0, 0.1) is 0 Å². The quantitative estimate of drug-likeness (QED) is 0.849. The molecule has 0 amide bonds. The van der Waals surface area contributed by atoms with Crippen LogP contribution in [0.5, 0.6) is 0 Å². The summed E-state index contributed by atoms with van der Waals surface area (Å²) in [6, 6.07) is 3.83. The molecule has 2 fully saturated rings. The average molecular weight is 305 g/mol. The van der Waals surface area contributed by atoms with E-state index in [2.05, 4.69) is 25.3 Å². The van der Waals surface area contributed by atoms with Gasteiger partial charge in [0.1, 0.15) is 5.82 Å². The van der Waals surface area contributed by atoms with Gasteiger partial charge in [-0.3, -0.25) is 4.90 Å². The van der Waals surface area contributed by atoms with E-state index in [0.29, 0.717) is 0 Å². The van der Waals surface area contributed by atoms with Gasteiger partial charge in [-0.2, -0.15) is 5.10 Å². The zero-order valence-electron chi connectivity index (χ0n) is 13.3. The first-order valence-corrected chi connectivity index (χ1v) is 8.48. The summed E-state index contributed by atoms with van der Waals surface area (Å²) < 4.78 is 5.86.